The molecule has 2 atom stereocenters. The van der Waals surface area contributed by atoms with Gasteiger partial charge in [-0.15, -0.1) is 0 Å². The van der Waals surface area contributed by atoms with E-state index >= 15 is 0 Å². The summed E-state index contributed by atoms with van der Waals surface area (Å²) in [7, 11) is 2.16. The van der Waals surface area contributed by atoms with E-state index in [1.807, 2.05) is 0 Å². The summed E-state index contributed by atoms with van der Waals surface area (Å²) in [6.45, 7) is 0. The number of aliphatic hydroxyl groups is 1. The van der Waals surface area contributed by atoms with Gasteiger partial charge in [-0.25, -0.2) is 0 Å². The first-order valence-electron chi connectivity index (χ1n) is 4.69. The third kappa shape index (κ3) is 1.18. The minimum Gasteiger partial charge on any atom is -0.391 e. The minimum atomic E-state index is -0.0272. The predicted octanol–water partition coefficient (Wildman–Crippen LogP) is 0.994. The molecule has 64 valence electrons. The molecule has 0 heterocycles. The summed E-state index contributed by atoms with van der Waals surface area (Å²) in [4.78, 5) is 2.39. The number of hydrogen-bond donors (Lipinski definition) is 1. The molecule has 2 aliphatic rings. The Kier molecular flexibility index (Phi) is 1.90. The first-order chi connectivity index (χ1) is 5.29. The SMILES string of the molecule is CN(C1CCC1)[C@H]1CC[C@@H]1O. The highest BCUT2D eigenvalue weighted by Gasteiger charge is 2.36. The van der Waals surface area contributed by atoms with Gasteiger partial charge >= 0.3 is 0 Å². The topological polar surface area (TPSA) is 23.5 Å². The van der Waals surface area contributed by atoms with Crippen LogP contribution in [0.5, 0.6) is 0 Å². The van der Waals surface area contributed by atoms with Crippen molar-refractivity contribution in [2.75, 3.05) is 7.05 Å². The maximum absolute atomic E-state index is 9.40. The highest BCUT2D eigenvalue weighted by molar-refractivity contribution is 4.92. The van der Waals surface area contributed by atoms with E-state index in [0.29, 0.717) is 6.04 Å². The van der Waals surface area contributed by atoms with Gasteiger partial charge in [0.1, 0.15) is 0 Å². The molecule has 0 aromatic heterocycles. The van der Waals surface area contributed by atoms with Crippen LogP contribution in [0.4, 0.5) is 0 Å². The molecule has 0 spiro atoms. The monoisotopic (exact) mass is 155 g/mol. The Balaban J connectivity index is 1.83. The number of likely N-dealkylation sites (N-methyl/N-ethyl adjacent to an activating group) is 1. The Hall–Kier alpha value is -0.0800. The van der Waals surface area contributed by atoms with Gasteiger partial charge in [0.25, 0.3) is 0 Å². The predicted molar refractivity (Wildman–Crippen MR) is 44.4 cm³/mol. The third-order valence-corrected chi connectivity index (χ3v) is 3.38. The second-order valence-electron chi connectivity index (χ2n) is 3.96. The lowest BCUT2D eigenvalue weighted by atomic mass is 9.83. The molecule has 0 saturated heterocycles. The molecule has 2 fully saturated rings. The number of nitrogens with zero attached hydrogens (tertiary/aromatic N) is 1. The minimum absolute atomic E-state index is 0.0272. The zero-order valence-corrected chi connectivity index (χ0v) is 7.16. The van der Waals surface area contributed by atoms with Gasteiger partial charge in [-0.3, -0.25) is 4.90 Å². The van der Waals surface area contributed by atoms with Crippen molar-refractivity contribution >= 4 is 0 Å². The van der Waals surface area contributed by atoms with E-state index < -0.39 is 0 Å². The van der Waals surface area contributed by atoms with E-state index in [4.69, 9.17) is 0 Å². The molecule has 0 aromatic carbocycles. The Morgan fingerprint density at radius 2 is 1.91 bits per heavy atom. The summed E-state index contributed by atoms with van der Waals surface area (Å²) >= 11 is 0. The Bertz CT molecular complexity index is 144. The van der Waals surface area contributed by atoms with Crippen molar-refractivity contribution in [3.63, 3.8) is 0 Å². The summed E-state index contributed by atoms with van der Waals surface area (Å²) < 4.78 is 0. The molecule has 0 aromatic rings. The van der Waals surface area contributed by atoms with Crippen molar-refractivity contribution in [3.05, 3.63) is 0 Å². The fourth-order valence-corrected chi connectivity index (χ4v) is 2.00. The van der Waals surface area contributed by atoms with Crippen LogP contribution < -0.4 is 0 Å². The second-order valence-corrected chi connectivity index (χ2v) is 3.96. The van der Waals surface area contributed by atoms with Crippen LogP contribution in [0.3, 0.4) is 0 Å². The number of aliphatic hydroxyl groups excluding tert-OH is 1. The zero-order valence-electron chi connectivity index (χ0n) is 7.16. The Morgan fingerprint density at radius 3 is 2.18 bits per heavy atom. The van der Waals surface area contributed by atoms with Crippen LogP contribution in [0.15, 0.2) is 0 Å². The van der Waals surface area contributed by atoms with E-state index in [9.17, 15) is 5.11 Å². The smallest absolute Gasteiger partial charge is 0.0696 e. The van der Waals surface area contributed by atoms with Gasteiger partial charge in [-0.1, -0.05) is 6.42 Å². The van der Waals surface area contributed by atoms with Crippen LogP contribution in [-0.4, -0.2) is 35.2 Å². The molecule has 2 rings (SSSR count). The van der Waals surface area contributed by atoms with E-state index in [-0.39, 0.29) is 6.10 Å². The molecule has 0 amide bonds. The zero-order chi connectivity index (χ0) is 7.84. The first-order valence-corrected chi connectivity index (χ1v) is 4.69. The van der Waals surface area contributed by atoms with Crippen LogP contribution >= 0.6 is 0 Å². The molecule has 0 aliphatic heterocycles. The molecule has 1 N–H and O–H groups in total. The fourth-order valence-electron chi connectivity index (χ4n) is 2.00. The molecule has 2 saturated carbocycles. The van der Waals surface area contributed by atoms with E-state index in [1.54, 1.807) is 0 Å². The van der Waals surface area contributed by atoms with Gasteiger partial charge in [0.15, 0.2) is 0 Å². The fraction of sp³-hybridized carbons (Fsp3) is 1.00. The largest absolute Gasteiger partial charge is 0.391 e. The first kappa shape index (κ1) is 7.56. The van der Waals surface area contributed by atoms with Crippen molar-refractivity contribution in [2.24, 2.45) is 0 Å². The summed E-state index contributed by atoms with van der Waals surface area (Å²) in [6.07, 6.45) is 6.27. The van der Waals surface area contributed by atoms with Crippen molar-refractivity contribution in [1.29, 1.82) is 0 Å². The van der Waals surface area contributed by atoms with Gasteiger partial charge in [-0.2, -0.15) is 0 Å². The Morgan fingerprint density at radius 1 is 1.18 bits per heavy atom. The molecule has 0 unspecified atom stereocenters. The summed E-state index contributed by atoms with van der Waals surface area (Å²) in [5, 5.41) is 9.40. The van der Waals surface area contributed by atoms with E-state index in [2.05, 4.69) is 11.9 Å². The highest BCUT2D eigenvalue weighted by Crippen LogP contribution is 2.32. The standard InChI is InChI=1S/C9H17NO/c1-10(7-3-2-4-7)8-5-6-9(8)11/h7-9,11H,2-6H2,1H3/t8-,9-/m0/s1. The molecule has 11 heavy (non-hydrogen) atoms. The van der Waals surface area contributed by atoms with Crippen molar-refractivity contribution in [1.82, 2.24) is 4.90 Å². The molecule has 2 heteroatoms. The van der Waals surface area contributed by atoms with Gasteiger partial charge in [0.2, 0.25) is 0 Å². The van der Waals surface area contributed by atoms with Crippen LogP contribution in [0.2, 0.25) is 0 Å². The number of rotatable bonds is 2. The third-order valence-electron chi connectivity index (χ3n) is 3.38. The van der Waals surface area contributed by atoms with E-state index in [0.717, 1.165) is 12.5 Å². The van der Waals surface area contributed by atoms with Crippen LogP contribution in [0.1, 0.15) is 32.1 Å². The Labute approximate surface area is 68.2 Å². The number of hydrogen-bond acceptors (Lipinski definition) is 2. The van der Waals surface area contributed by atoms with Crippen molar-refractivity contribution in [3.8, 4) is 0 Å². The maximum atomic E-state index is 9.40. The molecular weight excluding hydrogens is 138 g/mol. The van der Waals surface area contributed by atoms with Gasteiger partial charge < -0.3 is 5.11 Å². The lowest BCUT2D eigenvalue weighted by molar-refractivity contribution is -0.0409. The van der Waals surface area contributed by atoms with Crippen LogP contribution in [0, 0.1) is 0 Å². The average Bonchev–Trinajstić information content (AvgIpc) is 1.80. The normalized spacial score (nSPS) is 38.5. The summed E-state index contributed by atoms with van der Waals surface area (Å²) in [5.41, 5.74) is 0. The van der Waals surface area contributed by atoms with Gasteiger partial charge in [0, 0.05) is 12.1 Å². The molecule has 0 bridgehead atoms. The molecule has 2 nitrogen and oxygen atoms in total. The quantitative estimate of drug-likeness (QED) is 0.643. The van der Waals surface area contributed by atoms with Crippen molar-refractivity contribution in [2.45, 2.75) is 50.3 Å². The summed E-state index contributed by atoms with van der Waals surface area (Å²) in [5.74, 6) is 0. The van der Waals surface area contributed by atoms with Gasteiger partial charge in [-0.05, 0) is 32.7 Å². The van der Waals surface area contributed by atoms with Crippen molar-refractivity contribution < 1.29 is 5.11 Å². The van der Waals surface area contributed by atoms with Crippen LogP contribution in [-0.2, 0) is 0 Å². The molecular formula is C9H17NO. The lowest BCUT2D eigenvalue weighted by Crippen LogP contribution is -2.54. The summed E-state index contributed by atoms with van der Waals surface area (Å²) in [6, 6.07) is 1.27. The van der Waals surface area contributed by atoms with Crippen LogP contribution in [0.25, 0.3) is 0 Å². The van der Waals surface area contributed by atoms with Gasteiger partial charge in [0.05, 0.1) is 6.10 Å². The second kappa shape index (κ2) is 2.76. The lowest BCUT2D eigenvalue weighted by Gasteiger charge is -2.46. The maximum Gasteiger partial charge on any atom is 0.0696 e. The molecule has 0 radical (unpaired) electrons. The average molecular weight is 155 g/mol. The molecule has 2 aliphatic carbocycles. The highest BCUT2D eigenvalue weighted by atomic mass is 16.3. The van der Waals surface area contributed by atoms with E-state index in [1.165, 1.54) is 25.7 Å².